The molecular formula is C33H45NO4. The van der Waals surface area contributed by atoms with Gasteiger partial charge >= 0.3 is 5.97 Å². The van der Waals surface area contributed by atoms with Gasteiger partial charge < -0.3 is 4.74 Å². The molecule has 0 heterocycles. The fraction of sp³-hybridized carbons (Fsp3) is 0.758. The Bertz CT molecular complexity index is 1220. The van der Waals surface area contributed by atoms with Crippen molar-refractivity contribution < 1.29 is 19.1 Å². The van der Waals surface area contributed by atoms with E-state index < -0.39 is 10.8 Å². The number of carbonyl (C=O) groups is 3. The van der Waals surface area contributed by atoms with E-state index in [1.807, 2.05) is 26.0 Å². The maximum atomic E-state index is 14.4. The molecule has 206 valence electrons. The highest BCUT2D eigenvalue weighted by Crippen LogP contribution is 2.74. The van der Waals surface area contributed by atoms with E-state index in [1.165, 1.54) is 7.11 Å². The molecule has 0 N–H and O–H groups in total. The highest BCUT2D eigenvalue weighted by Gasteiger charge is 2.69. The second kappa shape index (κ2) is 8.15. The molecule has 3 fully saturated rings. The molecule has 0 aromatic carbocycles. The zero-order valence-corrected chi connectivity index (χ0v) is 24.6. The largest absolute Gasteiger partial charge is 0.469 e. The number of nitrogens with zero attached hydrogens (tertiary/aromatic N) is 1. The van der Waals surface area contributed by atoms with Crippen molar-refractivity contribution in [2.24, 2.45) is 50.2 Å². The molecule has 0 spiro atoms. The molecule has 0 amide bonds. The normalized spacial score (nSPS) is 44.8. The minimum absolute atomic E-state index is 0.0440. The monoisotopic (exact) mass is 519 g/mol. The van der Waals surface area contributed by atoms with Gasteiger partial charge in [-0.25, -0.2) is 0 Å². The molecule has 5 rings (SSSR count). The molecule has 3 saturated carbocycles. The van der Waals surface area contributed by atoms with Crippen molar-refractivity contribution >= 4 is 17.5 Å². The van der Waals surface area contributed by atoms with Crippen LogP contribution in [0.15, 0.2) is 23.3 Å². The van der Waals surface area contributed by atoms with Crippen LogP contribution in [0.25, 0.3) is 0 Å². The summed E-state index contributed by atoms with van der Waals surface area (Å²) in [4.78, 5) is 40.3. The van der Waals surface area contributed by atoms with Crippen molar-refractivity contribution in [2.75, 3.05) is 7.11 Å². The van der Waals surface area contributed by atoms with Crippen molar-refractivity contribution in [2.45, 2.75) is 99.8 Å². The number of ketones is 2. The second-order valence-corrected chi connectivity index (χ2v) is 15.4. The Balaban J connectivity index is 1.68. The Morgan fingerprint density at radius 1 is 1.03 bits per heavy atom. The molecule has 5 heteroatoms. The molecule has 0 aromatic heterocycles. The number of Topliss-reactive ketones (excluding diaryl/α,β-unsaturated/α-hetero) is 1. The lowest BCUT2D eigenvalue weighted by atomic mass is 9.34. The number of hydrogen-bond donors (Lipinski definition) is 0. The topological polar surface area (TPSA) is 84.2 Å². The molecule has 5 aliphatic carbocycles. The zero-order valence-electron chi connectivity index (χ0n) is 24.6. The summed E-state index contributed by atoms with van der Waals surface area (Å²) in [6.45, 7) is 15.4. The van der Waals surface area contributed by atoms with Crippen LogP contribution in [0.4, 0.5) is 0 Å². The molecule has 38 heavy (non-hydrogen) atoms. The first-order valence-electron chi connectivity index (χ1n) is 14.5. The van der Waals surface area contributed by atoms with E-state index in [4.69, 9.17) is 4.74 Å². The maximum absolute atomic E-state index is 14.4. The second-order valence-electron chi connectivity index (χ2n) is 15.4. The van der Waals surface area contributed by atoms with Gasteiger partial charge in [0, 0.05) is 16.7 Å². The van der Waals surface area contributed by atoms with Crippen LogP contribution in [0.2, 0.25) is 0 Å². The summed E-state index contributed by atoms with van der Waals surface area (Å²) in [5.41, 5.74) is -0.399. The standard InChI is InChI=1S/C33H45NO4/c1-28(2)11-13-33(18-25(36)38-8)14-12-32(7)26(21(33)17-28)22(35)15-24-30(5)16-20(19-34)27(37)29(3,4)23(30)9-10-31(24,32)6/h15-16,21,23,26H,9-14,17-18H2,1-8H3/t21-,23?,26-,30-,31+,32+,33+/m0/s1. The number of hydrogen-bond acceptors (Lipinski definition) is 5. The quantitative estimate of drug-likeness (QED) is 0.376. The number of allylic oxidation sites excluding steroid dienone is 4. The minimum atomic E-state index is -0.660. The van der Waals surface area contributed by atoms with Crippen molar-refractivity contribution in [3.05, 3.63) is 23.3 Å². The Labute approximate surface area is 228 Å². The van der Waals surface area contributed by atoms with Crippen LogP contribution in [0.1, 0.15) is 99.8 Å². The fourth-order valence-corrected chi connectivity index (χ4v) is 10.4. The van der Waals surface area contributed by atoms with Gasteiger partial charge in [-0.15, -0.1) is 0 Å². The average molecular weight is 520 g/mol. The van der Waals surface area contributed by atoms with Crippen LogP contribution in [0.5, 0.6) is 0 Å². The lowest BCUT2D eigenvalue weighted by molar-refractivity contribution is -0.178. The number of methoxy groups -OCH3 is 1. The summed E-state index contributed by atoms with van der Waals surface area (Å²) in [6, 6.07) is 2.18. The number of fused-ring (bicyclic) bond motifs is 7. The summed E-state index contributed by atoms with van der Waals surface area (Å²) < 4.78 is 5.17. The average Bonchev–Trinajstić information content (AvgIpc) is 2.83. The minimum Gasteiger partial charge on any atom is -0.469 e. The lowest BCUT2D eigenvalue weighted by Gasteiger charge is -2.69. The first-order chi connectivity index (χ1) is 17.5. The molecule has 1 unspecified atom stereocenters. The van der Waals surface area contributed by atoms with Crippen molar-refractivity contribution in [3.8, 4) is 6.07 Å². The first-order valence-corrected chi connectivity index (χ1v) is 14.5. The Kier molecular flexibility index (Phi) is 5.87. The fourth-order valence-electron chi connectivity index (χ4n) is 10.4. The summed E-state index contributed by atoms with van der Waals surface area (Å²) in [5.74, 6) is -0.0334. The van der Waals surface area contributed by atoms with E-state index in [0.29, 0.717) is 6.42 Å². The van der Waals surface area contributed by atoms with Gasteiger partial charge in [0.2, 0.25) is 0 Å². The van der Waals surface area contributed by atoms with Gasteiger partial charge in [-0.05, 0) is 84.5 Å². The summed E-state index contributed by atoms with van der Waals surface area (Å²) in [7, 11) is 1.47. The van der Waals surface area contributed by atoms with Gasteiger partial charge in [0.25, 0.3) is 0 Å². The number of ether oxygens (including phenoxy) is 1. The van der Waals surface area contributed by atoms with Gasteiger partial charge in [-0.1, -0.05) is 60.1 Å². The van der Waals surface area contributed by atoms with Crippen molar-refractivity contribution in [3.63, 3.8) is 0 Å². The number of esters is 1. The predicted molar refractivity (Wildman–Crippen MR) is 146 cm³/mol. The third kappa shape index (κ3) is 3.37. The molecule has 5 aliphatic rings. The first kappa shape index (κ1) is 27.4. The summed E-state index contributed by atoms with van der Waals surface area (Å²) >= 11 is 0. The smallest absolute Gasteiger partial charge is 0.306 e. The van der Waals surface area contributed by atoms with Gasteiger partial charge in [0.05, 0.1) is 19.1 Å². The van der Waals surface area contributed by atoms with Crippen molar-refractivity contribution in [1.29, 1.82) is 5.26 Å². The van der Waals surface area contributed by atoms with Crippen LogP contribution in [-0.2, 0) is 19.1 Å². The van der Waals surface area contributed by atoms with Gasteiger partial charge in [0.15, 0.2) is 11.6 Å². The zero-order chi connectivity index (χ0) is 28.1. The van der Waals surface area contributed by atoms with Gasteiger partial charge in [0.1, 0.15) is 6.07 Å². The maximum Gasteiger partial charge on any atom is 0.306 e. The molecule has 5 nitrogen and oxygen atoms in total. The molecule has 0 radical (unpaired) electrons. The van der Waals surface area contributed by atoms with E-state index in [-0.39, 0.29) is 62.5 Å². The van der Waals surface area contributed by atoms with E-state index in [1.54, 1.807) is 0 Å². The molecule has 0 aromatic rings. The summed E-state index contributed by atoms with van der Waals surface area (Å²) in [6.07, 6.45) is 10.8. The third-order valence-electron chi connectivity index (χ3n) is 12.8. The number of nitriles is 1. The van der Waals surface area contributed by atoms with Crippen LogP contribution in [0, 0.1) is 61.6 Å². The van der Waals surface area contributed by atoms with E-state index in [9.17, 15) is 19.6 Å². The van der Waals surface area contributed by atoms with Gasteiger partial charge in [-0.3, -0.25) is 14.4 Å². The molecule has 0 saturated heterocycles. The van der Waals surface area contributed by atoms with Crippen molar-refractivity contribution in [1.82, 2.24) is 0 Å². The number of carbonyl (C=O) groups excluding carboxylic acids is 3. The number of rotatable bonds is 2. The van der Waals surface area contributed by atoms with Crippen LogP contribution < -0.4 is 0 Å². The Morgan fingerprint density at radius 2 is 1.68 bits per heavy atom. The Hall–Kier alpha value is -2.22. The molecule has 7 atom stereocenters. The van der Waals surface area contributed by atoms with Gasteiger partial charge in [-0.2, -0.15) is 5.26 Å². The van der Waals surface area contributed by atoms with E-state index in [0.717, 1.165) is 50.5 Å². The lowest BCUT2D eigenvalue weighted by Crippen LogP contribution is -2.65. The van der Waals surface area contributed by atoms with E-state index >= 15 is 0 Å². The third-order valence-corrected chi connectivity index (χ3v) is 12.8. The van der Waals surface area contributed by atoms with Crippen LogP contribution in [-0.4, -0.2) is 24.6 Å². The molecular weight excluding hydrogens is 474 g/mol. The highest BCUT2D eigenvalue weighted by molar-refractivity contribution is 6.04. The van der Waals surface area contributed by atoms with Crippen LogP contribution in [0.3, 0.4) is 0 Å². The molecule has 0 aliphatic heterocycles. The Morgan fingerprint density at radius 3 is 2.32 bits per heavy atom. The van der Waals surface area contributed by atoms with Crippen LogP contribution >= 0.6 is 0 Å². The summed E-state index contributed by atoms with van der Waals surface area (Å²) in [5, 5.41) is 9.88. The molecule has 0 bridgehead atoms. The van der Waals surface area contributed by atoms with E-state index in [2.05, 4.69) is 40.7 Å². The predicted octanol–water partition coefficient (Wildman–Crippen LogP) is 6.77. The highest BCUT2D eigenvalue weighted by atomic mass is 16.5. The SMILES string of the molecule is COC(=O)C[C@]12CCC(C)(C)C[C@H]1[C@H]1C(=O)C=C3[C@@]4(C)C=C(C#N)C(=O)C(C)(C)C4CC[C@@]3(C)[C@]1(C)CC2.